The van der Waals surface area contributed by atoms with Crippen LogP contribution in [0.25, 0.3) is 0 Å². The highest BCUT2D eigenvalue weighted by atomic mass is 31.2. The van der Waals surface area contributed by atoms with Crippen molar-refractivity contribution in [2.45, 2.75) is 60.8 Å². The molecule has 0 aliphatic carbocycles. The van der Waals surface area contributed by atoms with Crippen molar-refractivity contribution in [2.24, 2.45) is 0 Å². The number of carbonyl (C=O) groups excluding carboxylic acids is 3. The molecular formula is C27H54N3O10P. The van der Waals surface area contributed by atoms with Crippen LogP contribution in [0.2, 0.25) is 0 Å². The Kier molecular flexibility index (Phi) is 30.9. The number of esters is 3. The van der Waals surface area contributed by atoms with E-state index in [0.717, 1.165) is 38.9 Å². The van der Waals surface area contributed by atoms with Gasteiger partial charge in [-0.1, -0.05) is 40.5 Å². The molecule has 0 heterocycles. The van der Waals surface area contributed by atoms with Crippen LogP contribution in [0.4, 0.5) is 0 Å². The monoisotopic (exact) mass is 611 g/mol. The van der Waals surface area contributed by atoms with Gasteiger partial charge in [0.1, 0.15) is 0 Å². The van der Waals surface area contributed by atoms with Crippen LogP contribution in [0.3, 0.4) is 0 Å². The van der Waals surface area contributed by atoms with Gasteiger partial charge in [0.25, 0.3) is 0 Å². The number of quaternary nitrogens is 3. The smallest absolute Gasteiger partial charge is 0.337 e. The Morgan fingerprint density at radius 1 is 0.585 bits per heavy atom. The Bertz CT molecular complexity index is 732. The number of carbonyl (C=O) groups is 3. The minimum Gasteiger partial charge on any atom is -0.822 e. The minimum absolute atomic E-state index is 0.301. The third-order valence-corrected chi connectivity index (χ3v) is 4.42. The molecule has 41 heavy (non-hydrogen) atoms. The van der Waals surface area contributed by atoms with E-state index < -0.39 is 7.82 Å². The summed E-state index contributed by atoms with van der Waals surface area (Å²) in [6, 6.07) is 0. The minimum atomic E-state index is -5.39. The summed E-state index contributed by atoms with van der Waals surface area (Å²) in [6.45, 7) is 26.1. The van der Waals surface area contributed by atoms with Gasteiger partial charge in [-0.15, -0.1) is 0 Å². The Labute approximate surface area is 246 Å². The van der Waals surface area contributed by atoms with Gasteiger partial charge in [0.05, 0.1) is 40.8 Å². The van der Waals surface area contributed by atoms with Crippen molar-refractivity contribution < 1.29 is 62.5 Å². The van der Waals surface area contributed by atoms with Crippen molar-refractivity contribution >= 4 is 25.7 Å². The highest BCUT2D eigenvalue weighted by molar-refractivity contribution is 7.40. The molecule has 0 fully saturated rings. The van der Waals surface area contributed by atoms with Crippen molar-refractivity contribution in [3.05, 3.63) is 36.5 Å². The SMILES string of the molecule is C=C(C)C(=O)OC[NH+](C)CCC.C=C(C)C(=O)OC[NH+](C)CCC.C=C(C)C(=O)OC[NH+](C)CCC.O=P([O-])([O-])[O-]. The topological polar surface area (TPSA) is 178 Å². The number of phosphoric acid groups is 1. The third kappa shape index (κ3) is 42.2. The predicted octanol–water partition coefficient (Wildman–Crippen LogP) is -2.86. The van der Waals surface area contributed by atoms with Crippen LogP contribution < -0.4 is 29.4 Å². The van der Waals surface area contributed by atoms with E-state index in [4.69, 9.17) is 33.5 Å². The van der Waals surface area contributed by atoms with Crippen molar-refractivity contribution in [3.63, 3.8) is 0 Å². The van der Waals surface area contributed by atoms with Crippen LogP contribution in [0.15, 0.2) is 36.5 Å². The van der Waals surface area contributed by atoms with Crippen LogP contribution in [-0.2, 0) is 33.2 Å². The molecule has 0 spiro atoms. The van der Waals surface area contributed by atoms with Gasteiger partial charge in [0, 0.05) is 16.7 Å². The molecule has 0 radical (unpaired) electrons. The van der Waals surface area contributed by atoms with Gasteiger partial charge in [-0.05, 0) is 40.0 Å². The molecular weight excluding hydrogens is 557 g/mol. The molecule has 0 aliphatic rings. The zero-order chi connectivity index (χ0) is 33.2. The molecule has 0 aromatic heterocycles. The lowest BCUT2D eigenvalue weighted by Crippen LogP contribution is -3.09. The van der Waals surface area contributed by atoms with E-state index in [1.165, 1.54) is 14.7 Å². The van der Waals surface area contributed by atoms with Gasteiger partial charge in [-0.2, -0.15) is 7.82 Å². The maximum absolute atomic E-state index is 10.9. The molecule has 14 heteroatoms. The van der Waals surface area contributed by atoms with Gasteiger partial charge < -0.3 is 48.2 Å². The average Bonchev–Trinajstić information content (AvgIpc) is 2.84. The van der Waals surface area contributed by atoms with Crippen molar-refractivity contribution in [1.82, 2.24) is 0 Å². The van der Waals surface area contributed by atoms with Crippen molar-refractivity contribution in [2.75, 3.05) is 61.0 Å². The fraction of sp³-hybridized carbons (Fsp3) is 0.667. The molecule has 3 N–H and O–H groups in total. The first-order valence-corrected chi connectivity index (χ1v) is 14.8. The lowest BCUT2D eigenvalue weighted by molar-refractivity contribution is -0.897. The van der Waals surface area contributed by atoms with E-state index in [1.54, 1.807) is 20.8 Å². The van der Waals surface area contributed by atoms with Crippen molar-refractivity contribution in [1.29, 1.82) is 0 Å². The Morgan fingerprint density at radius 2 is 0.756 bits per heavy atom. The van der Waals surface area contributed by atoms with Crippen LogP contribution in [0, 0.1) is 0 Å². The maximum Gasteiger partial charge on any atom is 0.337 e. The zero-order valence-electron chi connectivity index (χ0n) is 26.5. The molecule has 0 saturated heterocycles. The van der Waals surface area contributed by atoms with Crippen molar-refractivity contribution in [3.8, 4) is 0 Å². The highest BCUT2D eigenvalue weighted by Crippen LogP contribution is 2.03. The number of ether oxygens (including phenoxy) is 3. The standard InChI is InChI=1S/3C9H17NO2.H3O4P/c3*1-5-6-10(4)7-12-9(11)8(2)3;1-5(2,3)4/h3*2,5-7H2,1,3-4H3;(H3,1,2,3,4). The summed E-state index contributed by atoms with van der Waals surface area (Å²) in [4.78, 5) is 62.0. The summed E-state index contributed by atoms with van der Waals surface area (Å²) in [7, 11) is 0.597. The van der Waals surface area contributed by atoms with Gasteiger partial charge in [0.2, 0.25) is 20.2 Å². The second kappa shape index (κ2) is 27.8. The predicted molar refractivity (Wildman–Crippen MR) is 151 cm³/mol. The number of hydrogen-bond acceptors (Lipinski definition) is 10. The summed E-state index contributed by atoms with van der Waals surface area (Å²) in [5.74, 6) is -0.902. The third-order valence-electron chi connectivity index (χ3n) is 4.42. The summed E-state index contributed by atoms with van der Waals surface area (Å²) in [5.41, 5.74) is 1.37. The van der Waals surface area contributed by atoms with E-state index in [0.29, 0.717) is 36.9 Å². The second-order valence-electron chi connectivity index (χ2n) is 9.64. The molecule has 3 atom stereocenters. The Balaban J connectivity index is -0.000000231. The lowest BCUT2D eigenvalue weighted by Gasteiger charge is -2.36. The molecule has 0 bridgehead atoms. The van der Waals surface area contributed by atoms with Crippen LogP contribution in [-0.4, -0.2) is 78.9 Å². The maximum atomic E-state index is 10.9. The fourth-order valence-corrected chi connectivity index (χ4v) is 2.43. The summed E-state index contributed by atoms with van der Waals surface area (Å²) < 4.78 is 23.4. The number of nitrogens with one attached hydrogen (secondary N) is 3. The molecule has 0 amide bonds. The van der Waals surface area contributed by atoms with Gasteiger partial charge in [0.15, 0.2) is 0 Å². The zero-order valence-corrected chi connectivity index (χ0v) is 27.4. The first kappa shape index (κ1) is 45.6. The fourth-order valence-electron chi connectivity index (χ4n) is 2.43. The van der Waals surface area contributed by atoms with Gasteiger partial charge >= 0.3 is 17.9 Å². The first-order valence-electron chi connectivity index (χ1n) is 13.4. The molecule has 0 saturated carbocycles. The van der Waals surface area contributed by atoms with Gasteiger partial charge in [-0.25, -0.2) is 14.4 Å². The van der Waals surface area contributed by atoms with E-state index >= 15 is 0 Å². The molecule has 0 rings (SSSR count). The summed E-state index contributed by atoms with van der Waals surface area (Å²) in [5, 5.41) is 0. The number of rotatable bonds is 15. The van der Waals surface area contributed by atoms with E-state index in [-0.39, 0.29) is 17.9 Å². The first-order chi connectivity index (χ1) is 18.7. The Morgan fingerprint density at radius 3 is 0.878 bits per heavy atom. The Hall–Kier alpha value is -2.38. The molecule has 0 aromatic rings. The van der Waals surface area contributed by atoms with Crippen LogP contribution in [0.5, 0.6) is 0 Å². The molecule has 0 aliphatic heterocycles. The quantitative estimate of drug-likeness (QED) is 0.0574. The molecule has 242 valence electrons. The average molecular weight is 612 g/mol. The van der Waals surface area contributed by atoms with E-state index in [1.807, 2.05) is 21.1 Å². The second-order valence-corrected chi connectivity index (χ2v) is 10.5. The normalized spacial score (nSPS) is 12.2. The number of hydrogen-bond donors (Lipinski definition) is 3. The molecule has 0 aromatic carbocycles. The van der Waals surface area contributed by atoms with E-state index in [2.05, 4.69) is 40.5 Å². The largest absolute Gasteiger partial charge is 0.822 e. The lowest BCUT2D eigenvalue weighted by atomic mass is 10.4. The van der Waals surface area contributed by atoms with Gasteiger partial charge in [-0.3, -0.25) is 0 Å². The van der Waals surface area contributed by atoms with Crippen LogP contribution in [0.1, 0.15) is 60.8 Å². The summed E-state index contributed by atoms with van der Waals surface area (Å²) in [6.07, 6.45) is 3.28. The highest BCUT2D eigenvalue weighted by Gasteiger charge is 2.08. The molecule has 3 unspecified atom stereocenters. The molecule has 13 nitrogen and oxygen atoms in total. The van der Waals surface area contributed by atoms with E-state index in [9.17, 15) is 14.4 Å². The summed E-state index contributed by atoms with van der Waals surface area (Å²) >= 11 is 0. The van der Waals surface area contributed by atoms with Crippen LogP contribution >= 0.6 is 7.82 Å².